The van der Waals surface area contributed by atoms with Gasteiger partial charge in [0.1, 0.15) is 11.9 Å². The molecular formula is C16H17N3O2S. The number of likely N-dealkylation sites (tertiary alicyclic amines) is 1. The lowest BCUT2D eigenvalue weighted by molar-refractivity contribution is -0.127. The highest BCUT2D eigenvalue weighted by atomic mass is 32.2. The Morgan fingerprint density at radius 3 is 2.59 bits per heavy atom. The topological polar surface area (TPSA) is 55.3 Å². The molecule has 1 unspecified atom stereocenters. The summed E-state index contributed by atoms with van der Waals surface area (Å²) in [4.78, 5) is 23.1. The fraction of sp³-hybridized carbons (Fsp3) is 0.312. The summed E-state index contributed by atoms with van der Waals surface area (Å²) in [5.74, 6) is 1.41. The number of rotatable bonds is 5. The van der Waals surface area contributed by atoms with Gasteiger partial charge < -0.3 is 9.64 Å². The molecule has 0 aromatic carbocycles. The van der Waals surface area contributed by atoms with Crippen molar-refractivity contribution in [2.45, 2.75) is 17.4 Å². The molecule has 1 saturated heterocycles. The minimum absolute atomic E-state index is 0.0669. The van der Waals surface area contributed by atoms with E-state index in [4.69, 9.17) is 4.74 Å². The molecule has 1 amide bonds. The van der Waals surface area contributed by atoms with Crippen molar-refractivity contribution in [3.8, 4) is 5.75 Å². The predicted molar refractivity (Wildman–Crippen MR) is 84.8 cm³/mol. The van der Waals surface area contributed by atoms with E-state index >= 15 is 0 Å². The van der Waals surface area contributed by atoms with Crippen molar-refractivity contribution in [3.63, 3.8) is 0 Å². The number of hydrogen-bond acceptors (Lipinski definition) is 5. The average Bonchev–Trinajstić information content (AvgIpc) is 3.03. The van der Waals surface area contributed by atoms with Gasteiger partial charge in [0.05, 0.1) is 12.3 Å². The molecule has 114 valence electrons. The molecule has 0 saturated carbocycles. The Morgan fingerprint density at radius 1 is 1.18 bits per heavy atom. The Morgan fingerprint density at radius 2 is 1.86 bits per heavy atom. The van der Waals surface area contributed by atoms with Gasteiger partial charge in [0.25, 0.3) is 0 Å². The molecule has 0 bridgehead atoms. The zero-order valence-corrected chi connectivity index (χ0v) is 12.9. The van der Waals surface area contributed by atoms with Crippen molar-refractivity contribution in [3.05, 3.63) is 49.1 Å². The number of carbonyl (C=O) groups excluding carboxylic acids is 1. The van der Waals surface area contributed by atoms with E-state index in [0.717, 1.165) is 23.6 Å². The van der Waals surface area contributed by atoms with Gasteiger partial charge in [-0.25, -0.2) is 0 Å². The van der Waals surface area contributed by atoms with Crippen LogP contribution in [0, 0.1) is 0 Å². The highest BCUT2D eigenvalue weighted by Gasteiger charge is 2.27. The van der Waals surface area contributed by atoms with E-state index in [1.165, 1.54) is 0 Å². The van der Waals surface area contributed by atoms with Crippen LogP contribution in [0.5, 0.6) is 5.75 Å². The molecule has 0 aliphatic carbocycles. The standard InChI is InChI=1S/C16H17N3O2S/c20-16(12-22-15-3-8-18-9-4-15)19-10-5-14(11-19)21-13-1-6-17-7-2-13/h1-4,6-9,14H,5,10-12H2. The highest BCUT2D eigenvalue weighted by Crippen LogP contribution is 2.20. The van der Waals surface area contributed by atoms with E-state index in [1.54, 1.807) is 36.5 Å². The molecule has 0 N–H and O–H groups in total. The van der Waals surface area contributed by atoms with Crippen LogP contribution in [0.4, 0.5) is 0 Å². The lowest BCUT2D eigenvalue weighted by Crippen LogP contribution is -2.32. The first-order valence-electron chi connectivity index (χ1n) is 7.18. The van der Waals surface area contributed by atoms with Gasteiger partial charge in [0, 0.05) is 42.6 Å². The maximum Gasteiger partial charge on any atom is 0.233 e. The molecule has 2 aromatic rings. The van der Waals surface area contributed by atoms with E-state index < -0.39 is 0 Å². The van der Waals surface area contributed by atoms with Crippen molar-refractivity contribution in [2.24, 2.45) is 0 Å². The number of aromatic nitrogens is 2. The zero-order valence-electron chi connectivity index (χ0n) is 12.1. The lowest BCUT2D eigenvalue weighted by Gasteiger charge is -2.17. The molecule has 1 aliphatic rings. The smallest absolute Gasteiger partial charge is 0.233 e. The van der Waals surface area contributed by atoms with Crippen LogP contribution >= 0.6 is 11.8 Å². The van der Waals surface area contributed by atoms with Gasteiger partial charge in [-0.15, -0.1) is 11.8 Å². The van der Waals surface area contributed by atoms with E-state index in [-0.39, 0.29) is 12.0 Å². The molecule has 3 heterocycles. The first-order valence-corrected chi connectivity index (χ1v) is 8.17. The number of nitrogens with zero attached hydrogens (tertiary/aromatic N) is 3. The summed E-state index contributed by atoms with van der Waals surface area (Å²) in [5, 5.41) is 0. The number of thioether (sulfide) groups is 1. The molecular weight excluding hydrogens is 298 g/mol. The van der Waals surface area contributed by atoms with Crippen molar-refractivity contribution in [1.82, 2.24) is 14.9 Å². The van der Waals surface area contributed by atoms with Crippen molar-refractivity contribution in [2.75, 3.05) is 18.8 Å². The molecule has 0 spiro atoms. The SMILES string of the molecule is O=C(CSc1ccncc1)N1CCC(Oc2ccncc2)C1. The average molecular weight is 315 g/mol. The lowest BCUT2D eigenvalue weighted by atomic mass is 10.3. The fourth-order valence-corrected chi connectivity index (χ4v) is 3.12. The normalized spacial score (nSPS) is 17.5. The number of pyridine rings is 2. The molecule has 5 nitrogen and oxygen atoms in total. The quantitative estimate of drug-likeness (QED) is 0.792. The third kappa shape index (κ3) is 3.98. The largest absolute Gasteiger partial charge is 0.488 e. The molecule has 3 rings (SSSR count). The van der Waals surface area contributed by atoms with Gasteiger partial charge >= 0.3 is 0 Å². The molecule has 6 heteroatoms. The van der Waals surface area contributed by atoms with Gasteiger partial charge in [0.15, 0.2) is 0 Å². The molecule has 1 fully saturated rings. The van der Waals surface area contributed by atoms with Crippen LogP contribution in [0.25, 0.3) is 0 Å². The van der Waals surface area contributed by atoms with Crippen LogP contribution in [0.15, 0.2) is 53.9 Å². The number of hydrogen-bond donors (Lipinski definition) is 0. The number of amides is 1. The van der Waals surface area contributed by atoms with Crippen LogP contribution in [0.1, 0.15) is 6.42 Å². The van der Waals surface area contributed by atoms with Crippen molar-refractivity contribution in [1.29, 1.82) is 0 Å². The molecule has 1 atom stereocenters. The first kappa shape index (κ1) is 14.8. The van der Waals surface area contributed by atoms with Crippen molar-refractivity contribution >= 4 is 17.7 Å². The molecule has 1 aliphatic heterocycles. The Labute approximate surface area is 133 Å². The van der Waals surface area contributed by atoms with E-state index in [2.05, 4.69) is 9.97 Å². The summed E-state index contributed by atoms with van der Waals surface area (Å²) in [6.45, 7) is 1.41. The molecule has 22 heavy (non-hydrogen) atoms. The van der Waals surface area contributed by atoms with Gasteiger partial charge in [0.2, 0.25) is 5.91 Å². The maximum absolute atomic E-state index is 12.2. The van der Waals surface area contributed by atoms with E-state index in [0.29, 0.717) is 12.3 Å². The Bertz CT molecular complexity index is 609. The summed E-state index contributed by atoms with van der Waals surface area (Å²) in [7, 11) is 0. The summed E-state index contributed by atoms with van der Waals surface area (Å²) >= 11 is 1.54. The molecule has 2 aromatic heterocycles. The second kappa shape index (κ2) is 7.26. The Balaban J connectivity index is 1.46. The van der Waals surface area contributed by atoms with Crippen molar-refractivity contribution < 1.29 is 9.53 Å². The fourth-order valence-electron chi connectivity index (χ4n) is 2.33. The van der Waals surface area contributed by atoms with Gasteiger partial charge in [-0.05, 0) is 24.3 Å². The highest BCUT2D eigenvalue weighted by molar-refractivity contribution is 8.00. The van der Waals surface area contributed by atoms with Crippen LogP contribution in [0.3, 0.4) is 0 Å². The third-order valence-electron chi connectivity index (χ3n) is 3.46. The zero-order chi connectivity index (χ0) is 15.2. The van der Waals surface area contributed by atoms with Gasteiger partial charge in [-0.2, -0.15) is 0 Å². The summed E-state index contributed by atoms with van der Waals surface area (Å²) in [6, 6.07) is 7.50. The van der Waals surface area contributed by atoms with Crippen LogP contribution in [-0.2, 0) is 4.79 Å². The summed E-state index contributed by atoms with van der Waals surface area (Å²) in [6.07, 6.45) is 7.82. The van der Waals surface area contributed by atoms with Crippen LogP contribution < -0.4 is 4.74 Å². The van der Waals surface area contributed by atoms with Gasteiger partial charge in [-0.3, -0.25) is 14.8 Å². The van der Waals surface area contributed by atoms with Crippen LogP contribution in [-0.4, -0.2) is 45.7 Å². The molecule has 0 radical (unpaired) electrons. The summed E-state index contributed by atoms with van der Waals surface area (Å²) in [5.41, 5.74) is 0. The second-order valence-corrected chi connectivity index (χ2v) is 6.07. The van der Waals surface area contributed by atoms with Gasteiger partial charge in [-0.1, -0.05) is 0 Å². The summed E-state index contributed by atoms with van der Waals surface area (Å²) < 4.78 is 5.87. The van der Waals surface area contributed by atoms with Crippen LogP contribution in [0.2, 0.25) is 0 Å². The third-order valence-corrected chi connectivity index (χ3v) is 4.46. The number of ether oxygens (including phenoxy) is 1. The Hall–Kier alpha value is -2.08. The monoisotopic (exact) mass is 315 g/mol. The minimum Gasteiger partial charge on any atom is -0.488 e. The van der Waals surface area contributed by atoms with E-state index in [1.807, 2.05) is 29.2 Å². The predicted octanol–water partition coefficient (Wildman–Crippen LogP) is 2.25. The Kier molecular flexibility index (Phi) is 4.90. The number of carbonyl (C=O) groups is 1. The maximum atomic E-state index is 12.2. The first-order chi connectivity index (χ1) is 10.8. The minimum atomic E-state index is 0.0669. The van der Waals surface area contributed by atoms with E-state index in [9.17, 15) is 4.79 Å². The second-order valence-electron chi connectivity index (χ2n) is 5.02.